The van der Waals surface area contributed by atoms with E-state index in [1.165, 1.54) is 6.20 Å². The van der Waals surface area contributed by atoms with Crippen LogP contribution in [0.1, 0.15) is 0 Å². The van der Waals surface area contributed by atoms with Gasteiger partial charge in [0.2, 0.25) is 0 Å². The fourth-order valence-corrected chi connectivity index (χ4v) is 0.352. The Labute approximate surface area is 40.5 Å². The van der Waals surface area contributed by atoms with Gasteiger partial charge < -0.3 is 16.5 Å². The molecule has 4 nitrogen and oxygen atoms in total. The Morgan fingerprint density at radius 1 is 1.57 bits per heavy atom. The predicted octanol–water partition coefficient (Wildman–Crippen LogP) is -0.426. The summed E-state index contributed by atoms with van der Waals surface area (Å²) >= 11 is 0. The minimum absolute atomic E-state index is 0.359. The fourth-order valence-electron chi connectivity index (χ4n) is 0.352. The van der Waals surface area contributed by atoms with Gasteiger partial charge in [-0.25, -0.2) is 0 Å². The number of imidazole rings is 1. The van der Waals surface area contributed by atoms with Crippen LogP contribution in [-0.4, -0.2) is 9.97 Å². The minimum Gasteiger partial charge on any atom is -0.382 e. The highest BCUT2D eigenvalue weighted by atomic mass is 15.1. The second kappa shape index (κ2) is 1.14. The van der Waals surface area contributed by atoms with E-state index in [2.05, 4.69) is 9.97 Å². The summed E-state index contributed by atoms with van der Waals surface area (Å²) in [5, 5.41) is 0. The van der Waals surface area contributed by atoms with Crippen molar-refractivity contribution in [2.75, 3.05) is 11.5 Å². The van der Waals surface area contributed by atoms with Crippen LogP contribution in [0.25, 0.3) is 0 Å². The maximum Gasteiger partial charge on any atom is 0.199 e. The average Bonchev–Trinajstić information content (AvgIpc) is 1.87. The summed E-state index contributed by atoms with van der Waals surface area (Å²) in [7, 11) is 0. The van der Waals surface area contributed by atoms with Gasteiger partial charge in [-0.15, -0.1) is 0 Å². The van der Waals surface area contributed by atoms with Crippen molar-refractivity contribution in [1.29, 1.82) is 0 Å². The number of aromatic nitrogens is 2. The monoisotopic (exact) mass is 98.1 g/mol. The van der Waals surface area contributed by atoms with Crippen molar-refractivity contribution in [3.63, 3.8) is 0 Å². The molecule has 7 heavy (non-hydrogen) atoms. The van der Waals surface area contributed by atoms with Crippen molar-refractivity contribution < 1.29 is 0 Å². The largest absolute Gasteiger partial charge is 0.382 e. The summed E-state index contributed by atoms with van der Waals surface area (Å²) in [6, 6.07) is 0. The summed E-state index contributed by atoms with van der Waals surface area (Å²) < 4.78 is 0. The van der Waals surface area contributed by atoms with Crippen LogP contribution in [0.15, 0.2) is 6.20 Å². The molecule has 0 aliphatic heterocycles. The van der Waals surface area contributed by atoms with Gasteiger partial charge in [0, 0.05) is 6.20 Å². The molecular weight excluding hydrogens is 92.1 g/mol. The van der Waals surface area contributed by atoms with Crippen molar-refractivity contribution in [2.45, 2.75) is 0 Å². The fraction of sp³-hybridized carbons (Fsp3) is 0. The Morgan fingerprint density at radius 3 is 2.43 bits per heavy atom. The molecule has 0 saturated carbocycles. The van der Waals surface area contributed by atoms with E-state index in [0.29, 0.717) is 11.8 Å². The molecule has 5 N–H and O–H groups in total. The molecule has 38 valence electrons. The van der Waals surface area contributed by atoms with Crippen LogP contribution in [0.5, 0.6) is 0 Å². The van der Waals surface area contributed by atoms with Crippen LogP contribution in [0.4, 0.5) is 11.8 Å². The van der Waals surface area contributed by atoms with Crippen molar-refractivity contribution in [1.82, 2.24) is 9.97 Å². The third-order valence-electron chi connectivity index (χ3n) is 0.617. The molecule has 1 heterocycles. The number of nitrogen functional groups attached to an aromatic ring is 2. The lowest BCUT2D eigenvalue weighted by Gasteiger charge is -1.73. The van der Waals surface area contributed by atoms with Gasteiger partial charge in [0.05, 0.1) is 0 Å². The lowest BCUT2D eigenvalue weighted by Crippen LogP contribution is -1.87. The number of H-pyrrole nitrogens is 1. The third kappa shape index (κ3) is 0.623. The zero-order valence-electron chi connectivity index (χ0n) is 3.68. The van der Waals surface area contributed by atoms with Crippen molar-refractivity contribution in [3.8, 4) is 0 Å². The van der Waals surface area contributed by atoms with E-state index in [1.54, 1.807) is 0 Å². The number of nitrogens with one attached hydrogen (secondary N) is 1. The standard InChI is InChI=1S/C3H6N4/c4-2-1-6-3(5)7-2/h1H,4H2,(H3,5,6,7). The lowest BCUT2D eigenvalue weighted by molar-refractivity contribution is 1.33. The van der Waals surface area contributed by atoms with Crippen molar-refractivity contribution >= 4 is 11.8 Å². The molecule has 0 unspecified atom stereocenters. The van der Waals surface area contributed by atoms with E-state index >= 15 is 0 Å². The van der Waals surface area contributed by atoms with Crippen LogP contribution in [0.2, 0.25) is 0 Å². The number of rotatable bonds is 0. The first-order chi connectivity index (χ1) is 3.29. The number of aromatic amines is 1. The maximum absolute atomic E-state index is 5.16. The van der Waals surface area contributed by atoms with Gasteiger partial charge in [-0.05, 0) is 0 Å². The molecule has 1 aromatic heterocycles. The molecule has 0 saturated heterocycles. The second-order valence-electron chi connectivity index (χ2n) is 1.21. The van der Waals surface area contributed by atoms with E-state index < -0.39 is 0 Å². The SMILES string of the molecule is Nc1c[nH]c(N)n1. The molecule has 0 aliphatic carbocycles. The van der Waals surface area contributed by atoms with Crippen LogP contribution >= 0.6 is 0 Å². The topological polar surface area (TPSA) is 80.7 Å². The van der Waals surface area contributed by atoms with Crippen LogP contribution in [-0.2, 0) is 0 Å². The first-order valence-electron chi connectivity index (χ1n) is 1.85. The van der Waals surface area contributed by atoms with Gasteiger partial charge in [0.25, 0.3) is 0 Å². The van der Waals surface area contributed by atoms with E-state index in [0.717, 1.165) is 0 Å². The highest BCUT2D eigenvalue weighted by Crippen LogP contribution is 1.95. The highest BCUT2D eigenvalue weighted by Gasteiger charge is 1.85. The number of hydrogen-bond donors (Lipinski definition) is 3. The number of hydrogen-bond acceptors (Lipinski definition) is 3. The number of nitrogens with zero attached hydrogens (tertiary/aromatic N) is 1. The van der Waals surface area contributed by atoms with Gasteiger partial charge in [0.1, 0.15) is 5.82 Å². The van der Waals surface area contributed by atoms with Crippen LogP contribution < -0.4 is 11.5 Å². The molecule has 1 rings (SSSR count). The lowest BCUT2D eigenvalue weighted by atomic mass is 10.8. The first kappa shape index (κ1) is 3.98. The minimum atomic E-state index is 0.359. The van der Waals surface area contributed by atoms with Gasteiger partial charge in [0.15, 0.2) is 5.95 Å². The summed E-state index contributed by atoms with van der Waals surface area (Å²) in [5.41, 5.74) is 10.3. The first-order valence-corrected chi connectivity index (χ1v) is 1.85. The molecule has 4 heteroatoms. The molecule has 0 amide bonds. The van der Waals surface area contributed by atoms with Gasteiger partial charge in [-0.3, -0.25) is 0 Å². The van der Waals surface area contributed by atoms with Crippen molar-refractivity contribution in [3.05, 3.63) is 6.20 Å². The van der Waals surface area contributed by atoms with E-state index in [9.17, 15) is 0 Å². The van der Waals surface area contributed by atoms with Gasteiger partial charge in [-0.1, -0.05) is 0 Å². The Kier molecular flexibility index (Phi) is 0.651. The summed E-state index contributed by atoms with van der Waals surface area (Å²) in [5.74, 6) is 0.787. The zero-order chi connectivity index (χ0) is 5.28. The molecule has 0 atom stereocenters. The Bertz CT molecular complexity index is 139. The average molecular weight is 98.1 g/mol. The Morgan fingerprint density at radius 2 is 2.29 bits per heavy atom. The molecule has 0 spiro atoms. The van der Waals surface area contributed by atoms with Crippen LogP contribution in [0.3, 0.4) is 0 Å². The smallest absolute Gasteiger partial charge is 0.199 e. The predicted molar refractivity (Wildman–Crippen MR) is 27.4 cm³/mol. The molecule has 0 fully saturated rings. The molecule has 0 aliphatic rings. The quantitative estimate of drug-likeness (QED) is 0.412. The van der Waals surface area contributed by atoms with Gasteiger partial charge >= 0.3 is 0 Å². The number of nitrogens with two attached hydrogens (primary N) is 2. The van der Waals surface area contributed by atoms with Crippen LogP contribution in [0, 0.1) is 0 Å². The molecule has 0 aromatic carbocycles. The van der Waals surface area contributed by atoms with E-state index in [4.69, 9.17) is 11.5 Å². The molecular formula is C3H6N4. The molecule has 1 aromatic rings. The maximum atomic E-state index is 5.16. The number of anilines is 2. The van der Waals surface area contributed by atoms with Crippen molar-refractivity contribution in [2.24, 2.45) is 0 Å². The Balaban J connectivity index is 3.04. The second-order valence-corrected chi connectivity index (χ2v) is 1.21. The highest BCUT2D eigenvalue weighted by molar-refractivity contribution is 5.32. The third-order valence-corrected chi connectivity index (χ3v) is 0.617. The zero-order valence-corrected chi connectivity index (χ0v) is 3.68. The van der Waals surface area contributed by atoms with E-state index in [1.807, 2.05) is 0 Å². The summed E-state index contributed by atoms with van der Waals surface area (Å²) in [6.07, 6.45) is 1.54. The summed E-state index contributed by atoms with van der Waals surface area (Å²) in [6.45, 7) is 0. The molecule has 0 bridgehead atoms. The van der Waals surface area contributed by atoms with E-state index in [-0.39, 0.29) is 0 Å². The normalized spacial score (nSPS) is 9.14. The summed E-state index contributed by atoms with van der Waals surface area (Å²) in [4.78, 5) is 6.22. The van der Waals surface area contributed by atoms with Gasteiger partial charge in [-0.2, -0.15) is 4.98 Å². The Hall–Kier alpha value is -1.19. The molecule has 0 radical (unpaired) electrons.